The molecule has 26 heavy (non-hydrogen) atoms. The van der Waals surface area contributed by atoms with E-state index >= 15 is 0 Å². The van der Waals surface area contributed by atoms with E-state index in [-0.39, 0.29) is 17.6 Å². The number of thiazole rings is 1. The molecule has 0 radical (unpaired) electrons. The average molecular weight is 398 g/mol. The van der Waals surface area contributed by atoms with Crippen LogP contribution in [0.4, 0.5) is 9.52 Å². The largest absolute Gasteiger partial charge is 0.346 e. The molecule has 1 aromatic heterocycles. The lowest BCUT2D eigenvalue weighted by molar-refractivity contribution is -0.137. The smallest absolute Gasteiger partial charge is 0.229 e. The monoisotopic (exact) mass is 398 g/mol. The number of piperazine rings is 1. The number of hydrogen-bond donors (Lipinski definition) is 0. The van der Waals surface area contributed by atoms with Crippen molar-refractivity contribution in [2.24, 2.45) is 5.92 Å². The highest BCUT2D eigenvalue weighted by molar-refractivity contribution is 7.88. The van der Waals surface area contributed by atoms with Crippen molar-refractivity contribution in [3.05, 3.63) is 24.0 Å². The fourth-order valence-corrected chi connectivity index (χ4v) is 5.15. The zero-order valence-corrected chi connectivity index (χ0v) is 15.9. The molecule has 2 fully saturated rings. The molecular weight excluding hydrogens is 379 g/mol. The number of para-hydroxylation sites is 1. The Morgan fingerprint density at radius 3 is 2.54 bits per heavy atom. The zero-order valence-electron chi connectivity index (χ0n) is 14.3. The van der Waals surface area contributed by atoms with Gasteiger partial charge in [0.05, 0.1) is 16.9 Å². The van der Waals surface area contributed by atoms with Gasteiger partial charge in [-0.2, -0.15) is 4.31 Å². The summed E-state index contributed by atoms with van der Waals surface area (Å²) in [6, 6.07) is 4.89. The summed E-state index contributed by atoms with van der Waals surface area (Å²) in [6.07, 6.45) is 1.19. The number of rotatable bonds is 3. The Morgan fingerprint density at radius 1 is 1.23 bits per heavy atom. The Hall–Kier alpha value is -1.78. The molecule has 1 aromatic carbocycles. The van der Waals surface area contributed by atoms with E-state index in [9.17, 15) is 17.6 Å². The first-order chi connectivity index (χ1) is 12.3. The highest BCUT2D eigenvalue weighted by Crippen LogP contribution is 2.34. The lowest BCUT2D eigenvalue weighted by atomic mass is 9.99. The maximum absolute atomic E-state index is 13.8. The lowest BCUT2D eigenvalue weighted by Crippen LogP contribution is -2.58. The van der Waals surface area contributed by atoms with Crippen LogP contribution in [0.5, 0.6) is 0 Å². The molecule has 7 nitrogen and oxygen atoms in total. The maximum Gasteiger partial charge on any atom is 0.229 e. The summed E-state index contributed by atoms with van der Waals surface area (Å²) in [5.74, 6) is -0.389. The second kappa shape index (κ2) is 6.43. The standard InChI is InChI=1S/C16H19FN4O3S2/c1-26(23,24)21-7-5-19(6-8-21)15(22)11-9-20(10-11)16-18-14-12(17)3-2-4-13(14)25-16/h2-4,11H,5-10H2,1H3. The first-order valence-electron chi connectivity index (χ1n) is 8.37. The fraction of sp³-hybridized carbons (Fsp3) is 0.500. The van der Waals surface area contributed by atoms with Crippen LogP contribution in [0.15, 0.2) is 18.2 Å². The molecule has 0 unspecified atom stereocenters. The van der Waals surface area contributed by atoms with E-state index in [0.29, 0.717) is 44.8 Å². The molecule has 2 aromatic rings. The first-order valence-corrected chi connectivity index (χ1v) is 11.0. The van der Waals surface area contributed by atoms with Crippen molar-refractivity contribution in [2.75, 3.05) is 50.4 Å². The molecule has 2 aliphatic rings. The molecule has 0 saturated carbocycles. The minimum atomic E-state index is -3.20. The third-order valence-corrected chi connectivity index (χ3v) is 7.26. The van der Waals surface area contributed by atoms with Crippen LogP contribution >= 0.6 is 11.3 Å². The molecule has 0 bridgehead atoms. The van der Waals surface area contributed by atoms with Gasteiger partial charge in [0.2, 0.25) is 15.9 Å². The van der Waals surface area contributed by atoms with Crippen molar-refractivity contribution in [3.8, 4) is 0 Å². The number of anilines is 1. The highest BCUT2D eigenvalue weighted by atomic mass is 32.2. The van der Waals surface area contributed by atoms with Crippen molar-refractivity contribution < 1.29 is 17.6 Å². The van der Waals surface area contributed by atoms with Crippen LogP contribution in [0, 0.1) is 11.7 Å². The van der Waals surface area contributed by atoms with Crippen molar-refractivity contribution in [3.63, 3.8) is 0 Å². The summed E-state index contributed by atoms with van der Waals surface area (Å²) in [5, 5.41) is 0.732. The van der Waals surface area contributed by atoms with Crippen LogP contribution < -0.4 is 4.90 Å². The normalized spacial score (nSPS) is 19.8. The van der Waals surface area contributed by atoms with E-state index < -0.39 is 10.0 Å². The quantitative estimate of drug-likeness (QED) is 0.771. The molecule has 2 saturated heterocycles. The third-order valence-electron chi connectivity index (χ3n) is 4.88. The molecular formula is C16H19FN4O3S2. The fourth-order valence-electron chi connectivity index (χ4n) is 3.33. The van der Waals surface area contributed by atoms with Crippen molar-refractivity contribution in [1.29, 1.82) is 0 Å². The Morgan fingerprint density at radius 2 is 1.92 bits per heavy atom. The number of aromatic nitrogens is 1. The minimum absolute atomic E-state index is 0.0571. The van der Waals surface area contributed by atoms with Gasteiger partial charge in [-0.25, -0.2) is 17.8 Å². The Labute approximate surface area is 155 Å². The summed E-state index contributed by atoms with van der Waals surface area (Å²) < 4.78 is 39.1. The van der Waals surface area contributed by atoms with Gasteiger partial charge in [0.25, 0.3) is 0 Å². The summed E-state index contributed by atoms with van der Waals surface area (Å²) in [4.78, 5) is 20.7. The molecule has 4 rings (SSSR count). The summed E-state index contributed by atoms with van der Waals surface area (Å²) >= 11 is 1.42. The van der Waals surface area contributed by atoms with Gasteiger partial charge in [-0.05, 0) is 12.1 Å². The van der Waals surface area contributed by atoms with Crippen LogP contribution in [0.2, 0.25) is 0 Å². The Kier molecular flexibility index (Phi) is 4.36. The van der Waals surface area contributed by atoms with E-state index in [1.54, 1.807) is 11.0 Å². The van der Waals surface area contributed by atoms with Gasteiger partial charge in [-0.1, -0.05) is 17.4 Å². The van der Waals surface area contributed by atoms with Crippen LogP contribution in [-0.4, -0.2) is 74.0 Å². The zero-order chi connectivity index (χ0) is 18.5. The van der Waals surface area contributed by atoms with Gasteiger partial charge in [0.1, 0.15) is 11.3 Å². The second-order valence-electron chi connectivity index (χ2n) is 6.67. The van der Waals surface area contributed by atoms with Crippen LogP contribution in [0.25, 0.3) is 10.2 Å². The Balaban J connectivity index is 1.36. The van der Waals surface area contributed by atoms with Gasteiger partial charge in [0.15, 0.2) is 5.13 Å². The second-order valence-corrected chi connectivity index (χ2v) is 9.66. The van der Waals surface area contributed by atoms with Gasteiger partial charge in [-0.15, -0.1) is 0 Å². The van der Waals surface area contributed by atoms with Crippen LogP contribution in [-0.2, 0) is 14.8 Å². The number of carbonyl (C=O) groups excluding carboxylic acids is 1. The number of hydrogen-bond acceptors (Lipinski definition) is 6. The molecule has 10 heteroatoms. The molecule has 1 amide bonds. The SMILES string of the molecule is CS(=O)(=O)N1CCN(C(=O)C2CN(c3nc4c(F)cccc4s3)C2)CC1. The summed E-state index contributed by atoms with van der Waals surface area (Å²) in [6.45, 7) is 2.67. The third kappa shape index (κ3) is 3.17. The van der Waals surface area contributed by atoms with Gasteiger partial charge in [0, 0.05) is 39.3 Å². The van der Waals surface area contributed by atoms with Crippen molar-refractivity contribution >= 4 is 42.6 Å². The van der Waals surface area contributed by atoms with E-state index in [1.807, 2.05) is 11.0 Å². The minimum Gasteiger partial charge on any atom is -0.346 e. The summed E-state index contributed by atoms with van der Waals surface area (Å²) in [7, 11) is -3.20. The highest BCUT2D eigenvalue weighted by Gasteiger charge is 2.38. The van der Waals surface area contributed by atoms with E-state index in [0.717, 1.165) is 9.83 Å². The van der Waals surface area contributed by atoms with Gasteiger partial charge in [-0.3, -0.25) is 4.79 Å². The molecule has 3 heterocycles. The average Bonchev–Trinajstić information content (AvgIpc) is 2.98. The topological polar surface area (TPSA) is 73.8 Å². The molecule has 2 aliphatic heterocycles. The van der Waals surface area contributed by atoms with Crippen molar-refractivity contribution in [1.82, 2.24) is 14.2 Å². The number of amides is 1. The number of fused-ring (bicyclic) bond motifs is 1. The molecule has 0 atom stereocenters. The molecule has 0 spiro atoms. The molecule has 140 valence electrons. The predicted octanol–water partition coefficient (Wildman–Crippen LogP) is 0.975. The van der Waals surface area contributed by atoms with Gasteiger partial charge >= 0.3 is 0 Å². The predicted molar refractivity (Wildman–Crippen MR) is 98.3 cm³/mol. The van der Waals surface area contributed by atoms with Crippen LogP contribution in [0.1, 0.15) is 0 Å². The lowest BCUT2D eigenvalue weighted by Gasteiger charge is -2.42. The van der Waals surface area contributed by atoms with E-state index in [2.05, 4.69) is 4.98 Å². The van der Waals surface area contributed by atoms with Crippen molar-refractivity contribution in [2.45, 2.75) is 0 Å². The number of halogens is 1. The van der Waals surface area contributed by atoms with E-state index in [1.165, 1.54) is 28.0 Å². The number of sulfonamides is 1. The van der Waals surface area contributed by atoms with E-state index in [4.69, 9.17) is 0 Å². The van der Waals surface area contributed by atoms with Gasteiger partial charge < -0.3 is 9.80 Å². The first kappa shape index (κ1) is 17.6. The number of benzene rings is 1. The molecule has 0 N–H and O–H groups in total. The van der Waals surface area contributed by atoms with Crippen LogP contribution in [0.3, 0.4) is 0 Å². The molecule has 0 aliphatic carbocycles. The maximum atomic E-state index is 13.8. The number of nitrogens with zero attached hydrogens (tertiary/aromatic N) is 4. The summed E-state index contributed by atoms with van der Waals surface area (Å²) in [5.41, 5.74) is 0.374. The Bertz CT molecular complexity index is 948. The number of carbonyl (C=O) groups is 1.